The fourth-order valence-electron chi connectivity index (χ4n) is 3.18. The van der Waals surface area contributed by atoms with Gasteiger partial charge in [0.1, 0.15) is 0 Å². The van der Waals surface area contributed by atoms with Crippen molar-refractivity contribution < 1.29 is 9.90 Å². The Morgan fingerprint density at radius 2 is 1.91 bits per heavy atom. The molecule has 0 radical (unpaired) electrons. The number of benzene rings is 2. The summed E-state index contributed by atoms with van der Waals surface area (Å²) in [5, 5.41) is 10.2. The summed E-state index contributed by atoms with van der Waals surface area (Å²) in [4.78, 5) is 13.8. The van der Waals surface area contributed by atoms with Crippen LogP contribution >= 0.6 is 11.6 Å². The molecule has 0 saturated carbocycles. The third-order valence-electron chi connectivity index (χ3n) is 4.24. The van der Waals surface area contributed by atoms with E-state index in [0.717, 1.165) is 18.7 Å². The number of nitrogens with zero attached hydrogens (tertiary/aromatic N) is 1. The monoisotopic (exact) mass is 315 g/mol. The number of rotatable bonds is 4. The van der Waals surface area contributed by atoms with E-state index in [4.69, 9.17) is 11.6 Å². The van der Waals surface area contributed by atoms with Crippen LogP contribution in [0.4, 0.5) is 0 Å². The maximum Gasteiger partial charge on any atom is 0.308 e. The zero-order chi connectivity index (χ0) is 15.5. The smallest absolute Gasteiger partial charge is 0.308 e. The second kappa shape index (κ2) is 6.51. The molecule has 1 aliphatic rings. The zero-order valence-electron chi connectivity index (χ0n) is 12.2. The highest BCUT2D eigenvalue weighted by molar-refractivity contribution is 6.30. The second-order valence-electron chi connectivity index (χ2n) is 5.79. The molecular weight excluding hydrogens is 298 g/mol. The van der Waals surface area contributed by atoms with Gasteiger partial charge in [0.25, 0.3) is 0 Å². The largest absolute Gasteiger partial charge is 0.481 e. The van der Waals surface area contributed by atoms with E-state index in [1.165, 1.54) is 5.56 Å². The van der Waals surface area contributed by atoms with Crippen LogP contribution in [0.2, 0.25) is 5.02 Å². The topological polar surface area (TPSA) is 40.5 Å². The molecule has 1 fully saturated rings. The Morgan fingerprint density at radius 3 is 2.59 bits per heavy atom. The minimum absolute atomic E-state index is 0.0140. The Kier molecular flexibility index (Phi) is 4.46. The number of hydrogen-bond donors (Lipinski definition) is 1. The predicted molar refractivity (Wildman–Crippen MR) is 87.0 cm³/mol. The molecule has 2 aromatic rings. The van der Waals surface area contributed by atoms with Gasteiger partial charge in [-0.05, 0) is 23.3 Å². The molecule has 2 aromatic carbocycles. The fourth-order valence-corrected chi connectivity index (χ4v) is 3.38. The molecule has 4 heteroatoms. The minimum atomic E-state index is -0.736. The number of carboxylic acids is 1. The molecule has 1 aliphatic heterocycles. The minimum Gasteiger partial charge on any atom is -0.481 e. The van der Waals surface area contributed by atoms with Crippen molar-refractivity contribution in [2.75, 3.05) is 13.1 Å². The third-order valence-corrected chi connectivity index (χ3v) is 4.47. The average molecular weight is 316 g/mol. The SMILES string of the molecule is O=C(O)[C@H]1CN(Cc2ccccc2)C[C@@H]1c1cccc(Cl)c1. The number of hydrogen-bond acceptors (Lipinski definition) is 2. The molecule has 2 atom stereocenters. The average Bonchev–Trinajstić information content (AvgIpc) is 2.92. The molecule has 1 N–H and O–H groups in total. The lowest BCUT2D eigenvalue weighted by Gasteiger charge is -2.16. The molecule has 0 bridgehead atoms. The first-order valence-electron chi connectivity index (χ1n) is 7.38. The van der Waals surface area contributed by atoms with Crippen molar-refractivity contribution in [1.29, 1.82) is 0 Å². The lowest BCUT2D eigenvalue weighted by Crippen LogP contribution is -2.23. The third kappa shape index (κ3) is 3.32. The van der Waals surface area contributed by atoms with Crippen LogP contribution in [0.25, 0.3) is 0 Å². The number of aliphatic carboxylic acids is 1. The van der Waals surface area contributed by atoms with Gasteiger partial charge in [0.15, 0.2) is 0 Å². The molecule has 0 aliphatic carbocycles. The molecule has 0 unspecified atom stereocenters. The van der Waals surface area contributed by atoms with E-state index >= 15 is 0 Å². The quantitative estimate of drug-likeness (QED) is 0.936. The first kappa shape index (κ1) is 15.1. The molecule has 3 nitrogen and oxygen atoms in total. The van der Waals surface area contributed by atoms with Gasteiger partial charge in [-0.2, -0.15) is 0 Å². The predicted octanol–water partition coefficient (Wildman–Crippen LogP) is 3.64. The molecule has 0 spiro atoms. The van der Waals surface area contributed by atoms with E-state index in [2.05, 4.69) is 17.0 Å². The highest BCUT2D eigenvalue weighted by Crippen LogP contribution is 2.34. The van der Waals surface area contributed by atoms with Crippen LogP contribution in [0, 0.1) is 5.92 Å². The van der Waals surface area contributed by atoms with E-state index < -0.39 is 5.97 Å². The Morgan fingerprint density at radius 1 is 1.14 bits per heavy atom. The first-order valence-corrected chi connectivity index (χ1v) is 7.76. The van der Waals surface area contributed by atoms with Gasteiger partial charge in [0.2, 0.25) is 0 Å². The molecule has 0 aromatic heterocycles. The lowest BCUT2D eigenvalue weighted by molar-refractivity contribution is -0.141. The van der Waals surface area contributed by atoms with E-state index in [1.54, 1.807) is 0 Å². The fraction of sp³-hybridized carbons (Fsp3) is 0.278. The highest BCUT2D eigenvalue weighted by atomic mass is 35.5. The van der Waals surface area contributed by atoms with Gasteiger partial charge in [-0.25, -0.2) is 0 Å². The molecule has 1 saturated heterocycles. The van der Waals surface area contributed by atoms with Gasteiger partial charge in [-0.15, -0.1) is 0 Å². The van der Waals surface area contributed by atoms with Crippen LogP contribution in [0.1, 0.15) is 17.0 Å². The summed E-state index contributed by atoms with van der Waals surface area (Å²) >= 11 is 6.06. The van der Waals surface area contributed by atoms with Gasteiger partial charge in [0.05, 0.1) is 5.92 Å². The van der Waals surface area contributed by atoms with Crippen molar-refractivity contribution in [3.8, 4) is 0 Å². The van der Waals surface area contributed by atoms with Crippen LogP contribution in [0.3, 0.4) is 0 Å². The zero-order valence-corrected chi connectivity index (χ0v) is 12.9. The lowest BCUT2D eigenvalue weighted by atomic mass is 9.89. The van der Waals surface area contributed by atoms with Crippen molar-refractivity contribution in [3.63, 3.8) is 0 Å². The molecule has 114 valence electrons. The summed E-state index contributed by atoms with van der Waals surface area (Å²) in [5.41, 5.74) is 2.22. The number of halogens is 1. The summed E-state index contributed by atoms with van der Waals surface area (Å²) in [6.07, 6.45) is 0. The second-order valence-corrected chi connectivity index (χ2v) is 6.22. The molecule has 0 amide bonds. The van der Waals surface area contributed by atoms with Crippen molar-refractivity contribution in [2.24, 2.45) is 5.92 Å². The highest BCUT2D eigenvalue weighted by Gasteiger charge is 2.38. The molecule has 3 rings (SSSR count). The molecule has 1 heterocycles. The number of carbonyl (C=O) groups is 1. The van der Waals surface area contributed by atoms with Crippen molar-refractivity contribution in [2.45, 2.75) is 12.5 Å². The van der Waals surface area contributed by atoms with Crippen LogP contribution < -0.4 is 0 Å². The van der Waals surface area contributed by atoms with E-state index in [9.17, 15) is 9.90 Å². The standard InChI is InChI=1S/C18H18ClNO2/c19-15-8-4-7-14(9-15)16-11-20(12-17(16)18(21)22)10-13-5-2-1-3-6-13/h1-9,16-17H,10-12H2,(H,21,22)/t16-,17+/m1/s1. The summed E-state index contributed by atoms with van der Waals surface area (Å²) < 4.78 is 0. The van der Waals surface area contributed by atoms with Gasteiger partial charge in [-0.3, -0.25) is 9.69 Å². The summed E-state index contributed by atoms with van der Waals surface area (Å²) in [6, 6.07) is 17.7. The van der Waals surface area contributed by atoms with E-state index in [-0.39, 0.29) is 11.8 Å². The maximum absolute atomic E-state index is 11.6. The Bertz CT molecular complexity index is 659. The first-order chi connectivity index (χ1) is 10.6. The van der Waals surface area contributed by atoms with E-state index in [0.29, 0.717) is 11.6 Å². The summed E-state index contributed by atoms with van der Waals surface area (Å²) in [7, 11) is 0. The normalized spacial score (nSPS) is 21.9. The van der Waals surface area contributed by atoms with Gasteiger partial charge in [0, 0.05) is 30.6 Å². The van der Waals surface area contributed by atoms with Gasteiger partial charge < -0.3 is 5.11 Å². The van der Waals surface area contributed by atoms with Crippen molar-refractivity contribution in [3.05, 3.63) is 70.7 Å². The van der Waals surface area contributed by atoms with Crippen LogP contribution in [0.15, 0.2) is 54.6 Å². The Labute approximate surface area is 135 Å². The Hall–Kier alpha value is -1.84. The van der Waals surface area contributed by atoms with Gasteiger partial charge in [-0.1, -0.05) is 54.1 Å². The van der Waals surface area contributed by atoms with Crippen molar-refractivity contribution >= 4 is 17.6 Å². The van der Waals surface area contributed by atoms with Crippen molar-refractivity contribution in [1.82, 2.24) is 4.90 Å². The van der Waals surface area contributed by atoms with Crippen LogP contribution in [-0.4, -0.2) is 29.1 Å². The maximum atomic E-state index is 11.6. The van der Waals surface area contributed by atoms with Crippen LogP contribution in [0.5, 0.6) is 0 Å². The molecule has 22 heavy (non-hydrogen) atoms. The number of likely N-dealkylation sites (tertiary alicyclic amines) is 1. The molecular formula is C18H18ClNO2. The van der Waals surface area contributed by atoms with E-state index in [1.807, 2.05) is 42.5 Å². The Balaban J connectivity index is 1.79. The van der Waals surface area contributed by atoms with Crippen LogP contribution in [-0.2, 0) is 11.3 Å². The number of carboxylic acid groups (broad SMARTS) is 1. The summed E-state index contributed by atoms with van der Waals surface area (Å²) in [6.45, 7) is 2.09. The summed E-state index contributed by atoms with van der Waals surface area (Å²) in [5.74, 6) is -1.14. The van der Waals surface area contributed by atoms with Gasteiger partial charge >= 0.3 is 5.97 Å².